The molecule has 100 valence electrons. The Bertz CT molecular complexity index is 362. The van der Waals surface area contributed by atoms with Crippen molar-refractivity contribution >= 4 is 11.6 Å². The second-order valence-electron chi connectivity index (χ2n) is 4.75. The second-order valence-corrected chi connectivity index (χ2v) is 5.16. The predicted octanol–water partition coefficient (Wildman–Crippen LogP) is 3.39. The lowest BCUT2D eigenvalue weighted by atomic mass is 10.2. The first-order chi connectivity index (χ1) is 8.77. The lowest BCUT2D eigenvalue weighted by Crippen LogP contribution is -2.17. The molecular formula is C14H19ClFNO. The summed E-state index contributed by atoms with van der Waals surface area (Å²) in [7, 11) is 0. The van der Waals surface area contributed by atoms with Gasteiger partial charge in [-0.1, -0.05) is 17.7 Å². The van der Waals surface area contributed by atoms with Crippen molar-refractivity contribution in [3.8, 4) is 0 Å². The third-order valence-corrected chi connectivity index (χ3v) is 3.41. The van der Waals surface area contributed by atoms with Crippen molar-refractivity contribution in [3.63, 3.8) is 0 Å². The molecule has 0 aromatic heterocycles. The molecule has 0 spiro atoms. The van der Waals surface area contributed by atoms with Crippen molar-refractivity contribution in [3.05, 3.63) is 34.6 Å². The Morgan fingerprint density at radius 2 is 2.22 bits per heavy atom. The molecule has 1 aromatic carbocycles. The molecule has 0 heterocycles. The molecule has 0 aliphatic heterocycles. The molecule has 0 unspecified atom stereocenters. The zero-order chi connectivity index (χ0) is 12.8. The van der Waals surface area contributed by atoms with Crippen LogP contribution in [0.4, 0.5) is 4.39 Å². The Kier molecular flexibility index (Phi) is 5.42. The van der Waals surface area contributed by atoms with E-state index in [4.69, 9.17) is 16.3 Å². The van der Waals surface area contributed by atoms with Crippen LogP contribution in [0.3, 0.4) is 0 Å². The van der Waals surface area contributed by atoms with Crippen molar-refractivity contribution < 1.29 is 9.13 Å². The van der Waals surface area contributed by atoms with Gasteiger partial charge in [0.25, 0.3) is 0 Å². The van der Waals surface area contributed by atoms with E-state index >= 15 is 0 Å². The number of nitrogens with one attached hydrogen (secondary N) is 1. The minimum absolute atomic E-state index is 0.250. The fraction of sp³-hybridized carbons (Fsp3) is 0.571. The van der Waals surface area contributed by atoms with Gasteiger partial charge in [-0.15, -0.1) is 0 Å². The van der Waals surface area contributed by atoms with Crippen LogP contribution < -0.4 is 5.32 Å². The first kappa shape index (κ1) is 13.8. The summed E-state index contributed by atoms with van der Waals surface area (Å²) in [6.45, 7) is 2.96. The maximum Gasteiger partial charge on any atom is 0.129 e. The maximum atomic E-state index is 13.4. The van der Waals surface area contributed by atoms with Crippen LogP contribution >= 0.6 is 11.6 Å². The van der Waals surface area contributed by atoms with Crippen LogP contribution in [-0.4, -0.2) is 19.8 Å². The number of halogens is 2. The predicted molar refractivity (Wildman–Crippen MR) is 71.3 cm³/mol. The van der Waals surface area contributed by atoms with Crippen LogP contribution in [0.25, 0.3) is 0 Å². The summed E-state index contributed by atoms with van der Waals surface area (Å²) >= 11 is 5.93. The highest BCUT2D eigenvalue weighted by Gasteiger charge is 2.20. The van der Waals surface area contributed by atoms with Crippen LogP contribution in [0, 0.1) is 11.7 Å². The zero-order valence-electron chi connectivity index (χ0n) is 10.4. The van der Waals surface area contributed by atoms with Gasteiger partial charge in [-0.25, -0.2) is 4.39 Å². The highest BCUT2D eigenvalue weighted by atomic mass is 35.5. The summed E-state index contributed by atoms with van der Waals surface area (Å²) in [5.74, 6) is 0.565. The molecule has 0 atom stereocenters. The topological polar surface area (TPSA) is 21.3 Å². The average molecular weight is 272 g/mol. The van der Waals surface area contributed by atoms with Gasteiger partial charge in [0.05, 0.1) is 0 Å². The average Bonchev–Trinajstić information content (AvgIpc) is 3.15. The molecule has 1 fully saturated rings. The Morgan fingerprint density at radius 1 is 1.39 bits per heavy atom. The van der Waals surface area contributed by atoms with Crippen molar-refractivity contribution in [2.24, 2.45) is 5.92 Å². The summed E-state index contributed by atoms with van der Waals surface area (Å²) < 4.78 is 18.9. The first-order valence-electron chi connectivity index (χ1n) is 6.48. The summed E-state index contributed by atoms with van der Waals surface area (Å²) in [5.41, 5.74) is 0.540. The minimum Gasteiger partial charge on any atom is -0.381 e. The molecule has 1 aromatic rings. The number of hydrogen-bond acceptors (Lipinski definition) is 2. The van der Waals surface area contributed by atoms with Crippen LogP contribution in [0.1, 0.15) is 24.8 Å². The van der Waals surface area contributed by atoms with E-state index in [1.165, 1.54) is 18.9 Å². The SMILES string of the molecule is Fc1cccc(Cl)c1CNCCCOCC1CC1. The Labute approximate surface area is 112 Å². The van der Waals surface area contributed by atoms with E-state index in [2.05, 4.69) is 5.32 Å². The molecule has 1 aliphatic carbocycles. The van der Waals surface area contributed by atoms with Gasteiger partial charge in [-0.05, 0) is 43.9 Å². The minimum atomic E-state index is -0.250. The number of benzene rings is 1. The van der Waals surface area contributed by atoms with Gasteiger partial charge in [0, 0.05) is 30.3 Å². The smallest absolute Gasteiger partial charge is 0.129 e. The highest BCUT2D eigenvalue weighted by molar-refractivity contribution is 6.31. The largest absolute Gasteiger partial charge is 0.381 e. The van der Waals surface area contributed by atoms with Crippen LogP contribution in [-0.2, 0) is 11.3 Å². The quantitative estimate of drug-likeness (QED) is 0.732. The summed E-state index contributed by atoms with van der Waals surface area (Å²) in [6.07, 6.45) is 3.59. The fourth-order valence-electron chi connectivity index (χ4n) is 1.75. The lowest BCUT2D eigenvalue weighted by Gasteiger charge is -2.08. The van der Waals surface area contributed by atoms with Crippen LogP contribution in [0.2, 0.25) is 5.02 Å². The summed E-state index contributed by atoms with van der Waals surface area (Å²) in [6, 6.07) is 4.76. The van der Waals surface area contributed by atoms with E-state index in [1.807, 2.05) is 0 Å². The van der Waals surface area contributed by atoms with Gasteiger partial charge in [0.1, 0.15) is 5.82 Å². The molecular weight excluding hydrogens is 253 g/mol. The van der Waals surface area contributed by atoms with Crippen LogP contribution in [0.15, 0.2) is 18.2 Å². The third-order valence-electron chi connectivity index (χ3n) is 3.06. The maximum absolute atomic E-state index is 13.4. The normalized spacial score (nSPS) is 15.0. The Morgan fingerprint density at radius 3 is 2.94 bits per heavy atom. The van der Waals surface area contributed by atoms with Crippen molar-refractivity contribution in [2.45, 2.75) is 25.8 Å². The highest BCUT2D eigenvalue weighted by Crippen LogP contribution is 2.28. The van der Waals surface area contributed by atoms with E-state index in [0.717, 1.165) is 32.1 Å². The molecule has 18 heavy (non-hydrogen) atoms. The number of ether oxygens (including phenoxy) is 1. The lowest BCUT2D eigenvalue weighted by molar-refractivity contribution is 0.122. The van der Waals surface area contributed by atoms with Crippen molar-refractivity contribution in [2.75, 3.05) is 19.8 Å². The standard InChI is InChI=1S/C14H19ClFNO/c15-13-3-1-4-14(16)12(13)9-17-7-2-8-18-10-11-5-6-11/h1,3-4,11,17H,2,5-10H2. The third kappa shape index (κ3) is 4.56. The monoisotopic (exact) mass is 271 g/mol. The van der Waals surface area contributed by atoms with Gasteiger partial charge in [0.2, 0.25) is 0 Å². The molecule has 2 rings (SSSR count). The molecule has 1 N–H and O–H groups in total. The molecule has 0 radical (unpaired) electrons. The van der Waals surface area contributed by atoms with Crippen molar-refractivity contribution in [1.82, 2.24) is 5.32 Å². The van der Waals surface area contributed by atoms with E-state index in [9.17, 15) is 4.39 Å². The number of hydrogen-bond donors (Lipinski definition) is 1. The van der Waals surface area contributed by atoms with Crippen LogP contribution in [0.5, 0.6) is 0 Å². The fourth-order valence-corrected chi connectivity index (χ4v) is 1.98. The molecule has 1 saturated carbocycles. The molecule has 1 aliphatic rings. The van der Waals surface area contributed by atoms with Gasteiger partial charge in [0.15, 0.2) is 0 Å². The molecule has 2 nitrogen and oxygen atoms in total. The first-order valence-corrected chi connectivity index (χ1v) is 6.86. The molecule has 0 bridgehead atoms. The van der Waals surface area contributed by atoms with Crippen molar-refractivity contribution in [1.29, 1.82) is 0 Å². The zero-order valence-corrected chi connectivity index (χ0v) is 11.2. The Hall–Kier alpha value is -0.640. The van der Waals surface area contributed by atoms with E-state index in [0.29, 0.717) is 17.1 Å². The second kappa shape index (κ2) is 7.07. The van der Waals surface area contributed by atoms with E-state index in [1.54, 1.807) is 12.1 Å². The summed E-state index contributed by atoms with van der Waals surface area (Å²) in [5, 5.41) is 3.66. The van der Waals surface area contributed by atoms with Gasteiger partial charge in [-0.2, -0.15) is 0 Å². The van der Waals surface area contributed by atoms with Gasteiger partial charge in [-0.3, -0.25) is 0 Å². The molecule has 0 saturated heterocycles. The van der Waals surface area contributed by atoms with E-state index in [-0.39, 0.29) is 5.82 Å². The van der Waals surface area contributed by atoms with E-state index < -0.39 is 0 Å². The molecule has 4 heteroatoms. The van der Waals surface area contributed by atoms with Gasteiger partial charge < -0.3 is 10.1 Å². The van der Waals surface area contributed by atoms with Gasteiger partial charge >= 0.3 is 0 Å². The number of rotatable bonds is 8. The molecule has 0 amide bonds. The summed E-state index contributed by atoms with van der Waals surface area (Å²) in [4.78, 5) is 0. The Balaban J connectivity index is 1.56.